The lowest BCUT2D eigenvalue weighted by molar-refractivity contribution is -0.138. The Balaban J connectivity index is 2.08. The van der Waals surface area contributed by atoms with Crippen LogP contribution in [-0.2, 0) is 4.79 Å². The number of hydrogen-bond donors (Lipinski definition) is 3. The highest BCUT2D eigenvalue weighted by molar-refractivity contribution is 7.13. The molecular weight excluding hydrogens is 268 g/mol. The van der Waals surface area contributed by atoms with Gasteiger partial charge in [-0.3, -0.25) is 4.79 Å². The van der Waals surface area contributed by atoms with E-state index in [9.17, 15) is 4.79 Å². The van der Waals surface area contributed by atoms with Crippen molar-refractivity contribution in [3.05, 3.63) is 29.4 Å². The Hall–Kier alpha value is -2.19. The van der Waals surface area contributed by atoms with Crippen LogP contribution in [0.1, 0.15) is 11.7 Å². The van der Waals surface area contributed by atoms with Gasteiger partial charge < -0.3 is 20.9 Å². The lowest BCUT2D eigenvalue weighted by Gasteiger charge is -2.03. The number of methoxy groups -OCH3 is 1. The zero-order valence-corrected chi connectivity index (χ0v) is 10.8. The standard InChI is InChI=1S/C11H12N4O3S/c1-18-8-3-2-6(4-13-8)14-11-15-7(5-19-11)9(12)10(16)17/h2-5,9H,12H2,1H3,(H,14,15)(H,16,17). The Kier molecular flexibility index (Phi) is 3.93. The Morgan fingerprint density at radius 3 is 2.95 bits per heavy atom. The lowest BCUT2D eigenvalue weighted by atomic mass is 10.2. The molecule has 0 bridgehead atoms. The topological polar surface area (TPSA) is 110 Å². The SMILES string of the molecule is COc1ccc(Nc2nc(C(N)C(=O)O)cs2)cn1. The normalized spacial score (nSPS) is 11.9. The maximum absolute atomic E-state index is 10.7. The molecule has 8 heteroatoms. The summed E-state index contributed by atoms with van der Waals surface area (Å²) in [6, 6.07) is 2.38. The largest absolute Gasteiger partial charge is 0.481 e. The molecule has 7 nitrogen and oxygen atoms in total. The first kappa shape index (κ1) is 13.2. The number of ether oxygens (including phenoxy) is 1. The second-order valence-electron chi connectivity index (χ2n) is 3.61. The molecule has 100 valence electrons. The van der Waals surface area contributed by atoms with Crippen LogP contribution in [0.3, 0.4) is 0 Å². The molecule has 2 aromatic heterocycles. The first-order valence-corrected chi connectivity index (χ1v) is 6.19. The summed E-state index contributed by atoms with van der Waals surface area (Å²) in [7, 11) is 1.54. The van der Waals surface area contributed by atoms with Gasteiger partial charge in [0.1, 0.15) is 6.04 Å². The molecule has 0 aliphatic carbocycles. The van der Waals surface area contributed by atoms with Crippen LogP contribution in [0.4, 0.5) is 10.8 Å². The number of nitrogens with two attached hydrogens (primary N) is 1. The number of hydrogen-bond acceptors (Lipinski definition) is 7. The van der Waals surface area contributed by atoms with Crippen molar-refractivity contribution < 1.29 is 14.6 Å². The smallest absolute Gasteiger partial charge is 0.326 e. The van der Waals surface area contributed by atoms with E-state index >= 15 is 0 Å². The molecule has 0 aromatic carbocycles. The number of nitrogens with zero attached hydrogens (tertiary/aromatic N) is 2. The summed E-state index contributed by atoms with van der Waals surface area (Å²) < 4.78 is 4.95. The van der Waals surface area contributed by atoms with E-state index in [0.29, 0.717) is 16.7 Å². The second-order valence-corrected chi connectivity index (χ2v) is 4.47. The number of pyridine rings is 1. The van der Waals surface area contributed by atoms with Crippen molar-refractivity contribution in [3.63, 3.8) is 0 Å². The summed E-state index contributed by atoms with van der Waals surface area (Å²) >= 11 is 1.28. The first-order valence-electron chi connectivity index (χ1n) is 5.31. The molecule has 2 aromatic rings. The molecule has 0 saturated carbocycles. The highest BCUT2D eigenvalue weighted by atomic mass is 32.1. The maximum Gasteiger partial charge on any atom is 0.326 e. The Labute approximate surface area is 113 Å². The third-order valence-electron chi connectivity index (χ3n) is 2.30. The zero-order chi connectivity index (χ0) is 13.8. The predicted octanol–water partition coefficient (Wildman–Crippen LogP) is 1.37. The van der Waals surface area contributed by atoms with Gasteiger partial charge in [0.2, 0.25) is 5.88 Å². The monoisotopic (exact) mass is 280 g/mol. The van der Waals surface area contributed by atoms with Crippen LogP contribution in [0.2, 0.25) is 0 Å². The number of rotatable bonds is 5. The molecule has 0 saturated heterocycles. The summed E-state index contributed by atoms with van der Waals surface area (Å²) in [4.78, 5) is 18.9. The van der Waals surface area contributed by atoms with Crippen molar-refractivity contribution in [1.29, 1.82) is 0 Å². The molecule has 0 aliphatic rings. The van der Waals surface area contributed by atoms with E-state index in [-0.39, 0.29) is 0 Å². The molecule has 0 amide bonds. The van der Waals surface area contributed by atoms with E-state index < -0.39 is 12.0 Å². The minimum Gasteiger partial charge on any atom is -0.481 e. The van der Waals surface area contributed by atoms with Crippen LogP contribution in [-0.4, -0.2) is 28.2 Å². The van der Waals surface area contributed by atoms with Crippen LogP contribution in [0.25, 0.3) is 0 Å². The molecule has 0 spiro atoms. The number of carbonyl (C=O) groups is 1. The van der Waals surface area contributed by atoms with Crippen molar-refractivity contribution in [1.82, 2.24) is 9.97 Å². The van der Waals surface area contributed by atoms with Gasteiger partial charge in [-0.2, -0.15) is 0 Å². The van der Waals surface area contributed by atoms with Gasteiger partial charge in [-0.1, -0.05) is 0 Å². The van der Waals surface area contributed by atoms with Crippen molar-refractivity contribution in [2.75, 3.05) is 12.4 Å². The van der Waals surface area contributed by atoms with E-state index in [1.54, 1.807) is 23.7 Å². The van der Waals surface area contributed by atoms with Gasteiger partial charge in [-0.25, -0.2) is 9.97 Å². The van der Waals surface area contributed by atoms with Gasteiger partial charge in [0, 0.05) is 11.4 Å². The van der Waals surface area contributed by atoms with E-state index in [0.717, 1.165) is 5.69 Å². The lowest BCUT2D eigenvalue weighted by Crippen LogP contribution is -2.20. The number of carboxylic acid groups (broad SMARTS) is 1. The molecule has 0 radical (unpaired) electrons. The average Bonchev–Trinajstić information content (AvgIpc) is 2.87. The van der Waals surface area contributed by atoms with Crippen LogP contribution in [0.15, 0.2) is 23.7 Å². The third-order valence-corrected chi connectivity index (χ3v) is 3.08. The van der Waals surface area contributed by atoms with Gasteiger partial charge in [-0.05, 0) is 6.07 Å². The van der Waals surface area contributed by atoms with Gasteiger partial charge in [-0.15, -0.1) is 11.3 Å². The van der Waals surface area contributed by atoms with Crippen LogP contribution in [0.5, 0.6) is 5.88 Å². The van der Waals surface area contributed by atoms with Crippen molar-refractivity contribution >= 4 is 28.1 Å². The first-order chi connectivity index (χ1) is 9.10. The predicted molar refractivity (Wildman–Crippen MR) is 70.7 cm³/mol. The molecule has 4 N–H and O–H groups in total. The van der Waals surface area contributed by atoms with E-state index in [2.05, 4.69) is 15.3 Å². The number of aliphatic carboxylic acids is 1. The van der Waals surface area contributed by atoms with Crippen molar-refractivity contribution in [2.24, 2.45) is 5.73 Å². The minimum absolute atomic E-state index is 0.321. The van der Waals surface area contributed by atoms with Crippen LogP contribution < -0.4 is 15.8 Å². The summed E-state index contributed by atoms with van der Waals surface area (Å²) in [5, 5.41) is 14.0. The van der Waals surface area contributed by atoms with Crippen LogP contribution >= 0.6 is 11.3 Å². The molecule has 0 aliphatic heterocycles. The molecule has 19 heavy (non-hydrogen) atoms. The molecule has 1 atom stereocenters. The quantitative estimate of drug-likeness (QED) is 0.758. The van der Waals surface area contributed by atoms with Crippen LogP contribution in [0, 0.1) is 0 Å². The van der Waals surface area contributed by atoms with E-state index in [1.165, 1.54) is 18.4 Å². The summed E-state index contributed by atoms with van der Waals surface area (Å²) in [5.41, 5.74) is 6.52. The fraction of sp³-hybridized carbons (Fsp3) is 0.182. The molecule has 2 heterocycles. The van der Waals surface area contributed by atoms with Gasteiger partial charge >= 0.3 is 5.97 Å². The summed E-state index contributed by atoms with van der Waals surface area (Å²) in [6.07, 6.45) is 1.59. The second kappa shape index (κ2) is 5.63. The van der Waals surface area contributed by atoms with E-state index in [4.69, 9.17) is 15.6 Å². The average molecular weight is 280 g/mol. The number of thiazole rings is 1. The van der Waals surface area contributed by atoms with Gasteiger partial charge in [0.15, 0.2) is 5.13 Å². The number of anilines is 2. The summed E-state index contributed by atoms with van der Waals surface area (Å²) in [5.74, 6) is -0.596. The Morgan fingerprint density at radius 1 is 1.58 bits per heavy atom. The molecule has 1 unspecified atom stereocenters. The van der Waals surface area contributed by atoms with Gasteiger partial charge in [0.25, 0.3) is 0 Å². The Bertz CT molecular complexity index is 570. The van der Waals surface area contributed by atoms with E-state index in [1.807, 2.05) is 0 Å². The summed E-state index contributed by atoms with van der Waals surface area (Å²) in [6.45, 7) is 0. The molecule has 2 rings (SSSR count). The van der Waals surface area contributed by atoms with Gasteiger partial charge in [0.05, 0.1) is 24.7 Å². The minimum atomic E-state index is -1.11. The third kappa shape index (κ3) is 3.18. The highest BCUT2D eigenvalue weighted by Gasteiger charge is 2.17. The number of aromatic nitrogens is 2. The number of nitrogens with one attached hydrogen (secondary N) is 1. The fourth-order valence-corrected chi connectivity index (χ4v) is 2.08. The van der Waals surface area contributed by atoms with Crippen molar-refractivity contribution in [2.45, 2.75) is 6.04 Å². The molecular formula is C11H12N4O3S. The maximum atomic E-state index is 10.7. The number of carboxylic acids is 1. The zero-order valence-electron chi connectivity index (χ0n) is 10.0. The molecule has 0 fully saturated rings. The fourth-order valence-electron chi connectivity index (χ4n) is 1.31. The van der Waals surface area contributed by atoms with Crippen molar-refractivity contribution in [3.8, 4) is 5.88 Å². The Morgan fingerprint density at radius 2 is 2.37 bits per heavy atom. The highest BCUT2D eigenvalue weighted by Crippen LogP contribution is 2.23.